The van der Waals surface area contributed by atoms with Crippen LogP contribution in [-0.2, 0) is 20.9 Å². The third-order valence-corrected chi connectivity index (χ3v) is 7.69. The molecule has 0 bridgehead atoms. The molecule has 11 heteroatoms. The number of carbonyl (C=O) groups excluding carboxylic acids is 2. The number of β-lactam (4-membered cyclic amide) rings is 1. The third kappa shape index (κ3) is 3.86. The van der Waals surface area contributed by atoms with Crippen molar-refractivity contribution in [2.24, 2.45) is 11.8 Å². The number of ether oxygens (including phenoxy) is 1. The average Bonchev–Trinajstić information content (AvgIpc) is 3.41. The molecule has 1 amide bonds. The Labute approximate surface area is 183 Å². The quantitative estimate of drug-likeness (QED) is 0.196. The molecule has 2 saturated heterocycles. The molecule has 6 atom stereocenters. The first kappa shape index (κ1) is 21.9. The lowest BCUT2D eigenvalue weighted by Gasteiger charge is -2.46. The van der Waals surface area contributed by atoms with Crippen LogP contribution in [0.2, 0.25) is 0 Å². The second-order valence-electron chi connectivity index (χ2n) is 8.15. The van der Waals surface area contributed by atoms with E-state index in [0.717, 1.165) is 12.0 Å². The molecule has 0 aliphatic carbocycles. The van der Waals surface area contributed by atoms with Gasteiger partial charge in [0.15, 0.2) is 0 Å². The van der Waals surface area contributed by atoms with E-state index in [4.69, 9.17) is 9.15 Å². The van der Waals surface area contributed by atoms with Crippen LogP contribution in [0.1, 0.15) is 26.0 Å². The molecule has 2 fully saturated rings. The molecule has 3 aliphatic rings. The Morgan fingerprint density at radius 1 is 1.58 bits per heavy atom. The van der Waals surface area contributed by atoms with Crippen molar-refractivity contribution in [2.75, 3.05) is 6.54 Å². The highest BCUT2D eigenvalue weighted by Crippen LogP contribution is 2.53. The maximum Gasteiger partial charge on any atom is 0.512 e. The van der Waals surface area contributed by atoms with E-state index in [2.05, 4.69) is 10.6 Å². The Morgan fingerprint density at radius 3 is 2.94 bits per heavy atom. The minimum atomic E-state index is -1.51. The molecular formula is C20H25N3O7S. The first-order valence-electron chi connectivity index (χ1n) is 10.1. The maximum atomic E-state index is 12.6. The van der Waals surface area contributed by atoms with Gasteiger partial charge < -0.3 is 29.5 Å². The number of thioether (sulfide) groups is 1. The summed E-state index contributed by atoms with van der Waals surface area (Å²) < 4.78 is 10.4. The van der Waals surface area contributed by atoms with E-state index < -0.39 is 23.0 Å². The predicted molar refractivity (Wildman–Crippen MR) is 109 cm³/mol. The second kappa shape index (κ2) is 8.30. The van der Waals surface area contributed by atoms with E-state index in [0.29, 0.717) is 24.4 Å². The van der Waals surface area contributed by atoms with Gasteiger partial charge in [-0.05, 0) is 25.5 Å². The zero-order valence-electron chi connectivity index (χ0n) is 17.1. The number of carboxylic acid groups (broad SMARTS) is 1. The van der Waals surface area contributed by atoms with Crippen LogP contribution < -0.4 is 10.6 Å². The largest absolute Gasteiger partial charge is 0.512 e. The lowest BCUT2D eigenvalue weighted by molar-refractivity contribution is -0.163. The minimum Gasteiger partial charge on any atom is -0.468 e. The van der Waals surface area contributed by atoms with Gasteiger partial charge in [0, 0.05) is 12.5 Å². The molecule has 10 nitrogen and oxygen atoms in total. The topological polar surface area (TPSA) is 141 Å². The normalized spacial score (nSPS) is 33.3. The first-order chi connectivity index (χ1) is 14.8. The Balaban J connectivity index is 1.64. The fraction of sp³-hybridized carbons (Fsp3) is 0.550. The van der Waals surface area contributed by atoms with Crippen molar-refractivity contribution in [1.29, 1.82) is 0 Å². The van der Waals surface area contributed by atoms with Gasteiger partial charge in [-0.15, -0.1) is 11.8 Å². The van der Waals surface area contributed by atoms with Crippen LogP contribution in [0.25, 0.3) is 0 Å². The van der Waals surface area contributed by atoms with Crippen molar-refractivity contribution in [2.45, 2.75) is 49.9 Å². The number of amides is 1. The van der Waals surface area contributed by atoms with Crippen LogP contribution in [0.3, 0.4) is 0 Å². The van der Waals surface area contributed by atoms with Crippen molar-refractivity contribution < 1.29 is 33.8 Å². The monoisotopic (exact) mass is 451 g/mol. The van der Waals surface area contributed by atoms with Gasteiger partial charge in [0.2, 0.25) is 11.8 Å². The number of furan rings is 1. The summed E-state index contributed by atoms with van der Waals surface area (Å²) in [7, 11) is 0. The van der Waals surface area contributed by atoms with Crippen LogP contribution in [0.15, 0.2) is 33.6 Å². The van der Waals surface area contributed by atoms with Crippen molar-refractivity contribution in [3.05, 3.63) is 34.9 Å². The zero-order valence-corrected chi connectivity index (χ0v) is 17.9. The number of aliphatic hydroxyl groups excluding tert-OH is 1. The highest BCUT2D eigenvalue weighted by Gasteiger charge is 2.61. The van der Waals surface area contributed by atoms with Gasteiger partial charge >= 0.3 is 6.16 Å². The van der Waals surface area contributed by atoms with E-state index in [1.54, 1.807) is 19.3 Å². The van der Waals surface area contributed by atoms with Crippen LogP contribution in [0, 0.1) is 11.8 Å². The van der Waals surface area contributed by atoms with Crippen LogP contribution >= 0.6 is 11.8 Å². The maximum absolute atomic E-state index is 12.6. The van der Waals surface area contributed by atoms with E-state index in [1.807, 2.05) is 13.0 Å². The molecule has 4 heterocycles. The number of rotatable bonds is 8. The number of aldehydes is 1. The molecule has 1 aromatic heterocycles. The summed E-state index contributed by atoms with van der Waals surface area (Å²) in [4.78, 5) is 36.7. The van der Waals surface area contributed by atoms with E-state index in [1.165, 1.54) is 16.7 Å². The molecule has 3 aliphatic heterocycles. The number of hydrogen-bond acceptors (Lipinski definition) is 9. The molecule has 0 spiro atoms. The minimum absolute atomic E-state index is 0.00868. The summed E-state index contributed by atoms with van der Waals surface area (Å²) >= 11 is 1.37. The zero-order chi connectivity index (χ0) is 22.3. The SMILES string of the molecule is C[C@@H](O)[C@H]1C(=O)N2C(OC(=O)O)=C(S[C@]3(NCc4ccco4)CN[C@H](C=O)C3)[C@H](C)[C@H]12. The highest BCUT2D eigenvalue weighted by atomic mass is 32.2. The summed E-state index contributed by atoms with van der Waals surface area (Å²) in [6, 6.07) is 2.88. The number of nitrogens with one attached hydrogen (secondary N) is 2. The Hall–Kier alpha value is -2.34. The smallest absolute Gasteiger partial charge is 0.468 e. The van der Waals surface area contributed by atoms with E-state index in [-0.39, 0.29) is 29.8 Å². The number of nitrogens with zero attached hydrogens (tertiary/aromatic N) is 1. The number of hydrogen-bond donors (Lipinski definition) is 4. The number of aliphatic hydroxyl groups is 1. The van der Waals surface area contributed by atoms with Crippen LogP contribution in [0.4, 0.5) is 4.79 Å². The Kier molecular flexibility index (Phi) is 5.86. The number of carbonyl (C=O) groups is 3. The van der Waals surface area contributed by atoms with Gasteiger partial charge in [-0.1, -0.05) is 6.92 Å². The van der Waals surface area contributed by atoms with Crippen molar-refractivity contribution in [3.8, 4) is 0 Å². The Bertz CT molecular complexity index is 903. The van der Waals surface area contributed by atoms with Gasteiger partial charge in [0.25, 0.3) is 0 Å². The van der Waals surface area contributed by atoms with Crippen molar-refractivity contribution in [1.82, 2.24) is 15.5 Å². The average molecular weight is 452 g/mol. The highest BCUT2D eigenvalue weighted by molar-refractivity contribution is 8.04. The molecule has 0 radical (unpaired) electrons. The second-order valence-corrected chi connectivity index (χ2v) is 9.57. The molecule has 168 valence electrons. The lowest BCUT2D eigenvalue weighted by atomic mass is 9.79. The Morgan fingerprint density at radius 2 is 2.35 bits per heavy atom. The fourth-order valence-corrected chi connectivity index (χ4v) is 6.13. The van der Waals surface area contributed by atoms with Crippen LogP contribution in [0.5, 0.6) is 0 Å². The molecule has 4 N–H and O–H groups in total. The standard InChI is InChI=1S/C20H25N3O7S/c1-10-15-14(11(2)25)17(26)23(15)18(30-19(27)28)16(10)31-20(6-12(8-24)21-9-20)22-7-13-4-3-5-29-13/h3-5,8,10-12,14-15,21-22,25H,6-7,9H2,1-2H3,(H,27,28)/t10-,11-,12+,14-,15-,20+/m1/s1. The third-order valence-electron chi connectivity index (χ3n) is 6.08. The van der Waals surface area contributed by atoms with Crippen LogP contribution in [-0.4, -0.2) is 63.1 Å². The lowest BCUT2D eigenvalue weighted by Crippen LogP contribution is -2.63. The van der Waals surface area contributed by atoms with E-state index >= 15 is 0 Å². The van der Waals surface area contributed by atoms with E-state index in [9.17, 15) is 24.6 Å². The summed E-state index contributed by atoms with van der Waals surface area (Å²) in [6.07, 6.45) is 0.507. The fourth-order valence-electron chi connectivity index (χ4n) is 4.59. The van der Waals surface area contributed by atoms with Gasteiger partial charge in [0.05, 0.1) is 46.7 Å². The molecule has 0 unspecified atom stereocenters. The molecule has 0 aromatic carbocycles. The molecule has 0 saturated carbocycles. The van der Waals surface area contributed by atoms with Crippen molar-refractivity contribution in [3.63, 3.8) is 0 Å². The summed E-state index contributed by atoms with van der Waals surface area (Å²) in [5.74, 6) is -0.499. The first-order valence-corrected chi connectivity index (χ1v) is 10.9. The van der Waals surface area contributed by atoms with Gasteiger partial charge in [-0.25, -0.2) is 4.79 Å². The predicted octanol–water partition coefficient (Wildman–Crippen LogP) is 1.08. The van der Waals surface area contributed by atoms with Crippen molar-refractivity contribution >= 4 is 30.1 Å². The molecule has 4 rings (SSSR count). The summed E-state index contributed by atoms with van der Waals surface area (Å²) in [5, 5.41) is 25.9. The summed E-state index contributed by atoms with van der Waals surface area (Å²) in [5.41, 5.74) is 0. The van der Waals surface area contributed by atoms with Gasteiger partial charge in [-0.2, -0.15) is 0 Å². The number of fused-ring (bicyclic) bond motifs is 1. The molecule has 31 heavy (non-hydrogen) atoms. The molecule has 1 aromatic rings. The van der Waals surface area contributed by atoms with Gasteiger partial charge in [0.1, 0.15) is 12.0 Å². The molecular weight excluding hydrogens is 426 g/mol. The summed E-state index contributed by atoms with van der Waals surface area (Å²) in [6.45, 7) is 4.29. The van der Waals surface area contributed by atoms with Gasteiger partial charge in [-0.3, -0.25) is 15.0 Å².